The van der Waals surface area contributed by atoms with Crippen LogP contribution >= 0.6 is 0 Å². The number of nitrogens with one attached hydrogen (secondary N) is 1. The molecule has 4 rings (SSSR count). The summed E-state index contributed by atoms with van der Waals surface area (Å²) in [6.45, 7) is 0.706. The number of halogens is 2. The third-order valence-electron chi connectivity index (χ3n) is 5.68. The number of hydrogen-bond acceptors (Lipinski definition) is 4. The van der Waals surface area contributed by atoms with Crippen LogP contribution in [0.3, 0.4) is 0 Å². The van der Waals surface area contributed by atoms with Crippen molar-refractivity contribution < 1.29 is 27.8 Å². The largest absolute Gasteiger partial charge is 0.454 e. The van der Waals surface area contributed by atoms with Crippen molar-refractivity contribution >= 4 is 11.8 Å². The molecule has 1 saturated carbocycles. The second-order valence-corrected chi connectivity index (χ2v) is 7.78. The van der Waals surface area contributed by atoms with E-state index in [9.17, 15) is 18.4 Å². The Balaban J connectivity index is 1.37. The highest BCUT2D eigenvalue weighted by molar-refractivity contribution is 5.94. The van der Waals surface area contributed by atoms with Gasteiger partial charge in [0.15, 0.2) is 11.5 Å². The van der Waals surface area contributed by atoms with E-state index in [4.69, 9.17) is 9.47 Å². The molecule has 0 unspecified atom stereocenters. The van der Waals surface area contributed by atoms with Crippen molar-refractivity contribution in [3.05, 3.63) is 59.2 Å². The number of amides is 2. The Morgan fingerprint density at radius 3 is 2.58 bits per heavy atom. The van der Waals surface area contributed by atoms with Crippen LogP contribution in [0.25, 0.3) is 0 Å². The third kappa shape index (κ3) is 4.95. The van der Waals surface area contributed by atoms with E-state index in [0.717, 1.165) is 43.4 Å². The summed E-state index contributed by atoms with van der Waals surface area (Å²) in [7, 11) is 0. The highest BCUT2D eigenvalue weighted by Gasteiger charge is 2.27. The lowest BCUT2D eigenvalue weighted by atomic mass is 10.1. The van der Waals surface area contributed by atoms with Crippen LogP contribution in [0.2, 0.25) is 0 Å². The molecule has 2 aromatic rings. The molecule has 1 aliphatic heterocycles. The van der Waals surface area contributed by atoms with Gasteiger partial charge in [0.1, 0.15) is 11.6 Å². The van der Waals surface area contributed by atoms with Gasteiger partial charge in [-0.25, -0.2) is 8.78 Å². The van der Waals surface area contributed by atoms with Gasteiger partial charge in [0, 0.05) is 31.6 Å². The van der Waals surface area contributed by atoms with E-state index >= 15 is 0 Å². The number of rotatable bonds is 7. The van der Waals surface area contributed by atoms with Crippen LogP contribution in [0.1, 0.15) is 48.0 Å². The number of fused-ring (bicyclic) bond motifs is 1. The fraction of sp³-hybridized carbons (Fsp3) is 0.391. The molecule has 6 nitrogen and oxygen atoms in total. The maximum absolute atomic E-state index is 13.8. The zero-order chi connectivity index (χ0) is 21.8. The van der Waals surface area contributed by atoms with Crippen molar-refractivity contribution in [3.63, 3.8) is 0 Å². The zero-order valence-corrected chi connectivity index (χ0v) is 17.0. The molecule has 2 aromatic carbocycles. The lowest BCUT2D eigenvalue weighted by molar-refractivity contribution is -0.134. The topological polar surface area (TPSA) is 67.9 Å². The Kier molecular flexibility index (Phi) is 6.34. The number of carbonyl (C=O) groups excluding carboxylic acids is 2. The standard InChI is InChI=1S/C23H24F2N2O4/c24-16-6-7-18(19(25)12-16)23(29)26-10-9-22(28)27(17-3-1-2-4-17)13-15-5-8-20-21(11-15)31-14-30-20/h5-8,11-12,17H,1-4,9-10,13-14H2,(H,26,29). The molecular weight excluding hydrogens is 406 g/mol. The molecule has 164 valence electrons. The third-order valence-corrected chi connectivity index (χ3v) is 5.68. The smallest absolute Gasteiger partial charge is 0.254 e. The van der Waals surface area contributed by atoms with Gasteiger partial charge in [-0.15, -0.1) is 0 Å². The van der Waals surface area contributed by atoms with Crippen LogP contribution in [0.5, 0.6) is 11.5 Å². The molecule has 0 aromatic heterocycles. The Morgan fingerprint density at radius 2 is 1.81 bits per heavy atom. The van der Waals surface area contributed by atoms with Crippen molar-refractivity contribution in [2.45, 2.75) is 44.7 Å². The normalized spacial score (nSPS) is 15.2. The van der Waals surface area contributed by atoms with Gasteiger partial charge in [0.2, 0.25) is 12.7 Å². The summed E-state index contributed by atoms with van der Waals surface area (Å²) in [4.78, 5) is 27.0. The van der Waals surface area contributed by atoms with Crippen LogP contribution in [0, 0.1) is 11.6 Å². The number of ether oxygens (including phenoxy) is 2. The summed E-state index contributed by atoms with van der Waals surface area (Å²) in [6, 6.07) is 8.57. The summed E-state index contributed by atoms with van der Waals surface area (Å²) >= 11 is 0. The van der Waals surface area contributed by atoms with Gasteiger partial charge in [0.25, 0.3) is 5.91 Å². The van der Waals surface area contributed by atoms with E-state index in [0.29, 0.717) is 24.1 Å². The average molecular weight is 430 g/mol. The molecule has 0 bridgehead atoms. The summed E-state index contributed by atoms with van der Waals surface area (Å²) in [6.07, 6.45) is 4.15. The van der Waals surface area contributed by atoms with E-state index < -0.39 is 17.5 Å². The molecule has 1 fully saturated rings. The van der Waals surface area contributed by atoms with E-state index in [1.54, 1.807) is 0 Å². The first-order valence-corrected chi connectivity index (χ1v) is 10.4. The van der Waals surface area contributed by atoms with Crippen LogP contribution < -0.4 is 14.8 Å². The molecule has 8 heteroatoms. The first-order valence-electron chi connectivity index (χ1n) is 10.4. The van der Waals surface area contributed by atoms with Gasteiger partial charge in [-0.3, -0.25) is 9.59 Å². The molecule has 31 heavy (non-hydrogen) atoms. The van der Waals surface area contributed by atoms with Gasteiger partial charge in [-0.05, 0) is 42.7 Å². The molecule has 0 spiro atoms. The van der Waals surface area contributed by atoms with Crippen molar-refractivity contribution in [2.75, 3.05) is 13.3 Å². The lowest BCUT2D eigenvalue weighted by Gasteiger charge is -2.29. The minimum atomic E-state index is -0.931. The summed E-state index contributed by atoms with van der Waals surface area (Å²) in [5.41, 5.74) is 0.698. The molecule has 1 aliphatic carbocycles. The molecular formula is C23H24F2N2O4. The van der Waals surface area contributed by atoms with Crippen LogP contribution in [0.4, 0.5) is 8.78 Å². The van der Waals surface area contributed by atoms with Gasteiger partial charge in [-0.2, -0.15) is 0 Å². The van der Waals surface area contributed by atoms with Crippen molar-refractivity contribution in [1.29, 1.82) is 0 Å². The van der Waals surface area contributed by atoms with E-state index in [1.807, 2.05) is 23.1 Å². The molecule has 0 saturated heterocycles. The summed E-state index contributed by atoms with van der Waals surface area (Å²) in [5, 5.41) is 2.55. The van der Waals surface area contributed by atoms with Crippen molar-refractivity contribution in [2.24, 2.45) is 0 Å². The van der Waals surface area contributed by atoms with Crippen LogP contribution in [-0.2, 0) is 11.3 Å². The Morgan fingerprint density at radius 1 is 1.03 bits per heavy atom. The molecule has 1 heterocycles. The lowest BCUT2D eigenvalue weighted by Crippen LogP contribution is -2.40. The van der Waals surface area contributed by atoms with Crippen molar-refractivity contribution in [1.82, 2.24) is 10.2 Å². The fourth-order valence-corrected chi connectivity index (χ4v) is 4.07. The quantitative estimate of drug-likeness (QED) is 0.726. The number of carbonyl (C=O) groups is 2. The Bertz CT molecular complexity index is 976. The predicted octanol–water partition coefficient (Wildman–Crippen LogP) is 3.78. The summed E-state index contributed by atoms with van der Waals surface area (Å²) < 4.78 is 37.6. The average Bonchev–Trinajstić information content (AvgIpc) is 3.43. The first kappa shape index (κ1) is 21.1. The Labute approximate surface area is 179 Å². The molecule has 0 atom stereocenters. The molecule has 2 amide bonds. The van der Waals surface area contributed by atoms with Crippen LogP contribution in [0.15, 0.2) is 36.4 Å². The van der Waals surface area contributed by atoms with E-state index in [-0.39, 0.29) is 37.3 Å². The monoisotopic (exact) mass is 430 g/mol. The van der Waals surface area contributed by atoms with Gasteiger partial charge in [-0.1, -0.05) is 18.9 Å². The predicted molar refractivity (Wildman–Crippen MR) is 109 cm³/mol. The van der Waals surface area contributed by atoms with E-state index in [2.05, 4.69) is 5.32 Å². The van der Waals surface area contributed by atoms with E-state index in [1.165, 1.54) is 0 Å². The molecule has 1 N–H and O–H groups in total. The minimum absolute atomic E-state index is 0.0683. The zero-order valence-electron chi connectivity index (χ0n) is 17.0. The number of nitrogens with zero attached hydrogens (tertiary/aromatic N) is 1. The number of benzene rings is 2. The minimum Gasteiger partial charge on any atom is -0.454 e. The van der Waals surface area contributed by atoms with Gasteiger partial charge < -0.3 is 19.7 Å². The van der Waals surface area contributed by atoms with Gasteiger partial charge in [0.05, 0.1) is 5.56 Å². The fourth-order valence-electron chi connectivity index (χ4n) is 4.07. The maximum Gasteiger partial charge on any atom is 0.254 e. The summed E-state index contributed by atoms with van der Waals surface area (Å²) in [5.74, 6) is -1.07. The Hall–Kier alpha value is -3.16. The van der Waals surface area contributed by atoms with Crippen LogP contribution in [-0.4, -0.2) is 36.1 Å². The molecule has 2 aliphatic rings. The second-order valence-electron chi connectivity index (χ2n) is 7.78. The maximum atomic E-state index is 13.8. The molecule has 0 radical (unpaired) electrons. The highest BCUT2D eigenvalue weighted by atomic mass is 19.1. The second kappa shape index (κ2) is 9.32. The number of hydrogen-bond donors (Lipinski definition) is 1. The van der Waals surface area contributed by atoms with Gasteiger partial charge >= 0.3 is 0 Å². The van der Waals surface area contributed by atoms with Crippen molar-refractivity contribution in [3.8, 4) is 11.5 Å². The SMILES string of the molecule is O=C(NCCC(=O)N(Cc1ccc2c(c1)OCO2)C1CCCC1)c1ccc(F)cc1F. The highest BCUT2D eigenvalue weighted by Crippen LogP contribution is 2.33. The first-order chi connectivity index (χ1) is 15.0.